The van der Waals surface area contributed by atoms with Crippen LogP contribution in [0.3, 0.4) is 0 Å². The van der Waals surface area contributed by atoms with Gasteiger partial charge in [0.2, 0.25) is 0 Å². The monoisotopic (exact) mass is 324 g/mol. The number of halogens is 1. The summed E-state index contributed by atoms with van der Waals surface area (Å²) in [6.45, 7) is 4.75. The minimum absolute atomic E-state index is 0.0115. The molecule has 0 saturated carbocycles. The predicted octanol–water partition coefficient (Wildman–Crippen LogP) is 2.56. The third-order valence-electron chi connectivity index (χ3n) is 3.71. The summed E-state index contributed by atoms with van der Waals surface area (Å²) in [6.07, 6.45) is 0. The molecule has 7 heteroatoms. The third kappa shape index (κ3) is 4.04. The number of anilines is 1. The number of hydrogen-bond donors (Lipinski definition) is 1. The molecule has 0 atom stereocenters. The van der Waals surface area contributed by atoms with Crippen molar-refractivity contribution in [3.8, 4) is 0 Å². The SMILES string of the molecule is CCN(C)C(=O)N1CCN(C(=O)Nc2cccc(Cl)c2)CC1. The van der Waals surface area contributed by atoms with E-state index in [1.54, 1.807) is 46.0 Å². The molecule has 4 amide bonds. The highest BCUT2D eigenvalue weighted by molar-refractivity contribution is 6.30. The maximum atomic E-state index is 12.2. The maximum Gasteiger partial charge on any atom is 0.321 e. The van der Waals surface area contributed by atoms with Crippen LogP contribution in [0.5, 0.6) is 0 Å². The van der Waals surface area contributed by atoms with Gasteiger partial charge in [0.15, 0.2) is 0 Å². The Morgan fingerprint density at radius 2 is 1.86 bits per heavy atom. The highest BCUT2D eigenvalue weighted by atomic mass is 35.5. The second-order valence-electron chi connectivity index (χ2n) is 5.21. The third-order valence-corrected chi connectivity index (χ3v) is 3.95. The van der Waals surface area contributed by atoms with Crippen LogP contribution in [-0.2, 0) is 0 Å². The van der Waals surface area contributed by atoms with Gasteiger partial charge in [-0.15, -0.1) is 0 Å². The van der Waals surface area contributed by atoms with Crippen molar-refractivity contribution in [3.63, 3.8) is 0 Å². The lowest BCUT2D eigenvalue weighted by atomic mass is 10.3. The molecule has 1 saturated heterocycles. The number of urea groups is 2. The van der Waals surface area contributed by atoms with Gasteiger partial charge in [0, 0.05) is 50.5 Å². The second kappa shape index (κ2) is 7.35. The fourth-order valence-electron chi connectivity index (χ4n) is 2.25. The summed E-state index contributed by atoms with van der Waals surface area (Å²) in [5, 5.41) is 3.40. The van der Waals surface area contributed by atoms with Crippen molar-refractivity contribution >= 4 is 29.4 Å². The summed E-state index contributed by atoms with van der Waals surface area (Å²) in [6, 6.07) is 6.88. The number of piperazine rings is 1. The molecule has 0 bridgehead atoms. The summed E-state index contributed by atoms with van der Waals surface area (Å²) in [5.41, 5.74) is 0.668. The summed E-state index contributed by atoms with van der Waals surface area (Å²) in [7, 11) is 1.78. The van der Waals surface area contributed by atoms with Crippen LogP contribution in [0.25, 0.3) is 0 Å². The topological polar surface area (TPSA) is 55.9 Å². The molecule has 0 aromatic heterocycles. The van der Waals surface area contributed by atoms with Gasteiger partial charge in [-0.25, -0.2) is 9.59 Å². The zero-order valence-electron chi connectivity index (χ0n) is 12.9. The van der Waals surface area contributed by atoms with Crippen LogP contribution in [0.15, 0.2) is 24.3 Å². The minimum atomic E-state index is -0.168. The normalized spacial score (nSPS) is 14.7. The van der Waals surface area contributed by atoms with Crippen LogP contribution >= 0.6 is 11.6 Å². The van der Waals surface area contributed by atoms with Gasteiger partial charge in [-0.05, 0) is 25.1 Å². The van der Waals surface area contributed by atoms with Crippen LogP contribution in [-0.4, -0.2) is 66.5 Å². The molecule has 1 aliphatic heterocycles. The summed E-state index contributed by atoms with van der Waals surface area (Å²) >= 11 is 5.90. The Hall–Kier alpha value is -1.95. The van der Waals surface area contributed by atoms with E-state index in [2.05, 4.69) is 5.32 Å². The molecule has 0 unspecified atom stereocenters. The van der Waals surface area contributed by atoms with Gasteiger partial charge in [0.05, 0.1) is 0 Å². The molecule has 2 rings (SSSR count). The van der Waals surface area contributed by atoms with Gasteiger partial charge < -0.3 is 20.0 Å². The molecule has 0 spiro atoms. The molecule has 6 nitrogen and oxygen atoms in total. The molecular formula is C15H21ClN4O2. The highest BCUT2D eigenvalue weighted by Crippen LogP contribution is 2.16. The fraction of sp³-hybridized carbons (Fsp3) is 0.467. The number of rotatable bonds is 2. The van der Waals surface area contributed by atoms with E-state index in [1.807, 2.05) is 6.92 Å². The zero-order valence-corrected chi connectivity index (χ0v) is 13.6. The lowest BCUT2D eigenvalue weighted by Gasteiger charge is -2.36. The first-order chi connectivity index (χ1) is 10.5. The van der Waals surface area contributed by atoms with Crippen molar-refractivity contribution in [2.75, 3.05) is 45.1 Å². The van der Waals surface area contributed by atoms with E-state index in [1.165, 1.54) is 0 Å². The lowest BCUT2D eigenvalue weighted by Crippen LogP contribution is -2.54. The summed E-state index contributed by atoms with van der Waals surface area (Å²) in [5.74, 6) is 0. The minimum Gasteiger partial charge on any atom is -0.328 e. The van der Waals surface area contributed by atoms with Crippen molar-refractivity contribution < 1.29 is 9.59 Å². The zero-order chi connectivity index (χ0) is 16.1. The molecule has 22 heavy (non-hydrogen) atoms. The maximum absolute atomic E-state index is 12.2. The van der Waals surface area contributed by atoms with E-state index in [0.29, 0.717) is 43.4 Å². The fourth-order valence-corrected chi connectivity index (χ4v) is 2.44. The van der Waals surface area contributed by atoms with E-state index in [-0.39, 0.29) is 12.1 Å². The molecule has 0 aliphatic carbocycles. The second-order valence-corrected chi connectivity index (χ2v) is 5.65. The standard InChI is InChI=1S/C15H21ClN4O2/c1-3-18(2)15(22)20-9-7-19(8-10-20)14(21)17-13-6-4-5-12(16)11-13/h4-6,11H,3,7-10H2,1-2H3,(H,17,21). The highest BCUT2D eigenvalue weighted by Gasteiger charge is 2.25. The Balaban J connectivity index is 1.86. The van der Waals surface area contributed by atoms with Crippen molar-refractivity contribution in [3.05, 3.63) is 29.3 Å². The van der Waals surface area contributed by atoms with Crippen LogP contribution in [0, 0.1) is 0 Å². The van der Waals surface area contributed by atoms with E-state index in [4.69, 9.17) is 11.6 Å². The average Bonchev–Trinajstić information content (AvgIpc) is 2.53. The largest absolute Gasteiger partial charge is 0.328 e. The molecule has 1 N–H and O–H groups in total. The average molecular weight is 325 g/mol. The van der Waals surface area contributed by atoms with Gasteiger partial charge >= 0.3 is 12.1 Å². The quantitative estimate of drug-likeness (QED) is 0.909. The lowest BCUT2D eigenvalue weighted by molar-refractivity contribution is 0.129. The number of nitrogens with one attached hydrogen (secondary N) is 1. The van der Waals surface area contributed by atoms with Crippen molar-refractivity contribution in [1.82, 2.24) is 14.7 Å². The molecule has 120 valence electrons. The summed E-state index contributed by atoms with van der Waals surface area (Å²) < 4.78 is 0. The van der Waals surface area contributed by atoms with E-state index in [0.717, 1.165) is 0 Å². The molecule has 1 fully saturated rings. The number of benzene rings is 1. The van der Waals surface area contributed by atoms with E-state index < -0.39 is 0 Å². The Morgan fingerprint density at radius 1 is 1.23 bits per heavy atom. The Morgan fingerprint density at radius 3 is 2.45 bits per heavy atom. The number of carbonyl (C=O) groups is 2. The summed E-state index contributed by atoms with van der Waals surface area (Å²) in [4.78, 5) is 29.4. The number of nitrogens with zero attached hydrogens (tertiary/aromatic N) is 3. The van der Waals surface area contributed by atoms with Gasteiger partial charge in [0.25, 0.3) is 0 Å². The molecule has 1 aromatic rings. The van der Waals surface area contributed by atoms with Crippen LogP contribution in [0.1, 0.15) is 6.92 Å². The molecule has 1 aromatic carbocycles. The van der Waals surface area contributed by atoms with Crippen LogP contribution in [0.4, 0.5) is 15.3 Å². The van der Waals surface area contributed by atoms with Crippen molar-refractivity contribution in [1.29, 1.82) is 0 Å². The van der Waals surface area contributed by atoms with Gasteiger partial charge in [-0.2, -0.15) is 0 Å². The van der Waals surface area contributed by atoms with E-state index in [9.17, 15) is 9.59 Å². The van der Waals surface area contributed by atoms with Gasteiger partial charge in [0.1, 0.15) is 0 Å². The number of carbonyl (C=O) groups excluding carboxylic acids is 2. The first kappa shape index (κ1) is 16.4. The Kier molecular flexibility index (Phi) is 5.49. The van der Waals surface area contributed by atoms with Crippen molar-refractivity contribution in [2.24, 2.45) is 0 Å². The van der Waals surface area contributed by atoms with Gasteiger partial charge in [-0.3, -0.25) is 0 Å². The van der Waals surface area contributed by atoms with Crippen molar-refractivity contribution in [2.45, 2.75) is 6.92 Å². The van der Waals surface area contributed by atoms with Gasteiger partial charge in [-0.1, -0.05) is 17.7 Å². The Bertz CT molecular complexity index is 544. The first-order valence-electron chi connectivity index (χ1n) is 7.32. The van der Waals surface area contributed by atoms with E-state index >= 15 is 0 Å². The predicted molar refractivity (Wildman–Crippen MR) is 87.3 cm³/mol. The van der Waals surface area contributed by atoms with Crippen LogP contribution in [0.2, 0.25) is 5.02 Å². The molecular weight excluding hydrogens is 304 g/mol. The molecule has 0 radical (unpaired) electrons. The molecule has 1 heterocycles. The molecule has 1 aliphatic rings. The number of hydrogen-bond acceptors (Lipinski definition) is 2. The number of amides is 4. The van der Waals surface area contributed by atoms with Crippen LogP contribution < -0.4 is 5.32 Å². The smallest absolute Gasteiger partial charge is 0.321 e. The first-order valence-corrected chi connectivity index (χ1v) is 7.70. The Labute approximate surface area is 135 Å².